The van der Waals surface area contributed by atoms with Crippen LogP contribution in [0.25, 0.3) is 0 Å². The van der Waals surface area contributed by atoms with Gasteiger partial charge in [-0.2, -0.15) is 0 Å². The maximum atomic E-state index is 12.1. The Labute approximate surface area is 141 Å². The third kappa shape index (κ3) is 6.55. The number of methoxy groups -OCH3 is 1. The highest BCUT2D eigenvalue weighted by atomic mass is 16.7. The third-order valence-corrected chi connectivity index (χ3v) is 3.05. The van der Waals surface area contributed by atoms with Crippen molar-refractivity contribution < 1.29 is 28.9 Å². The number of carbonyl (C=O) groups is 2. The van der Waals surface area contributed by atoms with Gasteiger partial charge in [-0.15, -0.1) is 0 Å². The fourth-order valence-electron chi connectivity index (χ4n) is 2.06. The summed E-state index contributed by atoms with van der Waals surface area (Å²) in [5.74, 6) is -1.21. The molecule has 0 unspecified atom stereocenters. The smallest absolute Gasteiger partial charge is 0.408 e. The second kappa shape index (κ2) is 8.65. The monoisotopic (exact) mass is 339 g/mol. The minimum Gasteiger partial charge on any atom is -0.479 e. The molecule has 7 nitrogen and oxygen atoms in total. The highest BCUT2D eigenvalue weighted by Crippen LogP contribution is 2.17. The molecule has 0 saturated heterocycles. The van der Waals surface area contributed by atoms with Gasteiger partial charge in [0, 0.05) is 13.5 Å². The van der Waals surface area contributed by atoms with Crippen LogP contribution < -0.4 is 5.32 Å². The number of benzene rings is 1. The van der Waals surface area contributed by atoms with E-state index in [4.69, 9.17) is 14.2 Å². The lowest BCUT2D eigenvalue weighted by Gasteiger charge is -2.31. The van der Waals surface area contributed by atoms with Crippen LogP contribution in [0, 0.1) is 0 Å². The maximum absolute atomic E-state index is 12.1. The van der Waals surface area contributed by atoms with Gasteiger partial charge in [-0.1, -0.05) is 30.3 Å². The van der Waals surface area contributed by atoms with Crippen molar-refractivity contribution in [2.24, 2.45) is 0 Å². The lowest BCUT2D eigenvalue weighted by Crippen LogP contribution is -2.60. The van der Waals surface area contributed by atoms with Gasteiger partial charge in [0.05, 0.1) is 6.61 Å². The third-order valence-electron chi connectivity index (χ3n) is 3.05. The van der Waals surface area contributed by atoms with E-state index in [1.807, 2.05) is 6.07 Å². The first-order valence-corrected chi connectivity index (χ1v) is 7.54. The Morgan fingerprint density at radius 1 is 1.17 bits per heavy atom. The Kier molecular flexibility index (Phi) is 7.18. The Hall–Kier alpha value is -2.12. The second-order valence-corrected chi connectivity index (χ2v) is 6.43. The van der Waals surface area contributed by atoms with Gasteiger partial charge in [0.15, 0.2) is 5.54 Å². The van der Waals surface area contributed by atoms with E-state index >= 15 is 0 Å². The Bertz CT molecular complexity index is 540. The van der Waals surface area contributed by atoms with E-state index < -0.39 is 23.2 Å². The quantitative estimate of drug-likeness (QED) is 0.557. The summed E-state index contributed by atoms with van der Waals surface area (Å²) in [6.45, 7) is 4.76. The van der Waals surface area contributed by atoms with Crippen LogP contribution in [-0.2, 0) is 25.4 Å². The molecular formula is C17H25NO6. The van der Waals surface area contributed by atoms with Gasteiger partial charge in [0.1, 0.15) is 12.4 Å². The van der Waals surface area contributed by atoms with Crippen molar-refractivity contribution >= 4 is 12.1 Å². The molecule has 0 fully saturated rings. The zero-order chi connectivity index (χ0) is 18.2. The summed E-state index contributed by atoms with van der Waals surface area (Å²) < 4.78 is 15.2. The minimum absolute atomic E-state index is 0.0477. The molecule has 7 heteroatoms. The molecule has 1 rings (SSSR count). The van der Waals surface area contributed by atoms with Crippen LogP contribution in [0.5, 0.6) is 0 Å². The van der Waals surface area contributed by atoms with Gasteiger partial charge >= 0.3 is 12.1 Å². The van der Waals surface area contributed by atoms with E-state index in [2.05, 4.69) is 5.32 Å². The van der Waals surface area contributed by atoms with Crippen LogP contribution >= 0.6 is 0 Å². The topological polar surface area (TPSA) is 94.1 Å². The highest BCUT2D eigenvalue weighted by molar-refractivity contribution is 5.85. The number of hydrogen-bond acceptors (Lipinski definition) is 5. The van der Waals surface area contributed by atoms with E-state index in [1.165, 1.54) is 7.11 Å². The van der Waals surface area contributed by atoms with E-state index in [0.717, 1.165) is 5.56 Å². The molecule has 1 amide bonds. The zero-order valence-corrected chi connectivity index (χ0v) is 14.5. The number of nitrogens with one attached hydrogen (secondary N) is 1. The summed E-state index contributed by atoms with van der Waals surface area (Å²) in [4.78, 5) is 24.0. The fraction of sp³-hybridized carbons (Fsp3) is 0.529. The van der Waals surface area contributed by atoms with Crippen LogP contribution in [0.4, 0.5) is 4.79 Å². The molecule has 0 aliphatic heterocycles. The maximum Gasteiger partial charge on any atom is 0.408 e. The van der Waals surface area contributed by atoms with Gasteiger partial charge in [-0.25, -0.2) is 9.59 Å². The van der Waals surface area contributed by atoms with Crippen molar-refractivity contribution in [3.05, 3.63) is 35.9 Å². The lowest BCUT2D eigenvalue weighted by atomic mass is 9.91. The number of ether oxygens (including phenoxy) is 3. The number of aliphatic carboxylic acids is 1. The average molecular weight is 339 g/mol. The Balaban J connectivity index is 3.02. The Morgan fingerprint density at radius 2 is 1.79 bits per heavy atom. The van der Waals surface area contributed by atoms with Crippen LogP contribution in [-0.4, -0.2) is 48.8 Å². The molecule has 1 atom stereocenters. The largest absolute Gasteiger partial charge is 0.479 e. The number of carboxylic acids is 1. The first-order valence-electron chi connectivity index (χ1n) is 7.54. The second-order valence-electron chi connectivity index (χ2n) is 6.43. The van der Waals surface area contributed by atoms with Gasteiger partial charge in [0.25, 0.3) is 0 Å². The lowest BCUT2D eigenvalue weighted by molar-refractivity contribution is -0.150. The number of carbonyl (C=O) groups excluding carboxylic acids is 1. The minimum atomic E-state index is -1.66. The number of carboxylic acid groups (broad SMARTS) is 1. The van der Waals surface area contributed by atoms with Gasteiger partial charge in [0.2, 0.25) is 0 Å². The van der Waals surface area contributed by atoms with E-state index in [9.17, 15) is 14.7 Å². The highest BCUT2D eigenvalue weighted by Gasteiger charge is 2.42. The normalized spacial score (nSPS) is 13.8. The van der Waals surface area contributed by atoms with Crippen LogP contribution in [0.3, 0.4) is 0 Å². The van der Waals surface area contributed by atoms with E-state index in [-0.39, 0.29) is 19.8 Å². The summed E-state index contributed by atoms with van der Waals surface area (Å²) in [5, 5.41) is 12.2. The molecule has 0 spiro atoms. The molecule has 0 heterocycles. The molecule has 2 N–H and O–H groups in total. The van der Waals surface area contributed by atoms with Crippen molar-refractivity contribution in [1.82, 2.24) is 5.32 Å². The van der Waals surface area contributed by atoms with E-state index in [0.29, 0.717) is 0 Å². The molecule has 0 bridgehead atoms. The number of amides is 1. The summed E-state index contributed by atoms with van der Waals surface area (Å²) in [6.07, 6.45) is -0.770. The number of alkyl carbamates (subject to hydrolysis) is 1. The Morgan fingerprint density at radius 3 is 2.29 bits per heavy atom. The molecule has 134 valence electrons. The molecular weight excluding hydrogens is 314 g/mol. The standard InChI is InChI=1S/C17H25NO6/c1-16(2,3)24-15(21)18-17(14(19)20,11-23-12-22-4)10-13-8-6-5-7-9-13/h5-9H,10-12H2,1-4H3,(H,18,21)(H,19,20)/t17-/m1/s1. The molecule has 0 aliphatic carbocycles. The SMILES string of the molecule is COCOC[C@@](Cc1ccccc1)(NC(=O)OC(C)(C)C)C(=O)O. The fourth-order valence-corrected chi connectivity index (χ4v) is 2.06. The average Bonchev–Trinajstić information content (AvgIpc) is 2.46. The van der Waals surface area contributed by atoms with Crippen molar-refractivity contribution in [3.8, 4) is 0 Å². The van der Waals surface area contributed by atoms with Crippen LogP contribution in [0.15, 0.2) is 30.3 Å². The molecule has 0 aromatic heterocycles. The van der Waals surface area contributed by atoms with Crippen LogP contribution in [0.2, 0.25) is 0 Å². The number of hydrogen-bond donors (Lipinski definition) is 2. The van der Waals surface area contributed by atoms with E-state index in [1.54, 1.807) is 45.0 Å². The van der Waals surface area contributed by atoms with Gasteiger partial charge in [-0.3, -0.25) is 0 Å². The number of rotatable bonds is 8. The molecule has 0 aliphatic rings. The molecule has 1 aromatic carbocycles. The summed E-state index contributed by atoms with van der Waals surface area (Å²) in [7, 11) is 1.43. The van der Waals surface area contributed by atoms with Crippen molar-refractivity contribution in [1.29, 1.82) is 0 Å². The summed E-state index contributed by atoms with van der Waals surface area (Å²) in [6, 6.07) is 8.99. The van der Waals surface area contributed by atoms with Crippen molar-refractivity contribution in [2.75, 3.05) is 20.5 Å². The first kappa shape index (κ1) is 19.9. The van der Waals surface area contributed by atoms with Crippen LogP contribution in [0.1, 0.15) is 26.3 Å². The summed E-state index contributed by atoms with van der Waals surface area (Å²) >= 11 is 0. The predicted molar refractivity (Wildman–Crippen MR) is 87.7 cm³/mol. The first-order chi connectivity index (χ1) is 11.2. The van der Waals surface area contributed by atoms with Crippen molar-refractivity contribution in [2.45, 2.75) is 38.3 Å². The van der Waals surface area contributed by atoms with Gasteiger partial charge < -0.3 is 24.6 Å². The van der Waals surface area contributed by atoms with Gasteiger partial charge in [-0.05, 0) is 26.3 Å². The molecule has 0 radical (unpaired) electrons. The molecule has 0 saturated carbocycles. The predicted octanol–water partition coefficient (Wildman–Crippen LogP) is 2.20. The molecule has 24 heavy (non-hydrogen) atoms. The zero-order valence-electron chi connectivity index (χ0n) is 14.5. The summed E-state index contributed by atoms with van der Waals surface area (Å²) in [5.41, 5.74) is -1.66. The van der Waals surface area contributed by atoms with Crippen molar-refractivity contribution in [3.63, 3.8) is 0 Å². The molecule has 1 aromatic rings.